The molecule has 1 aromatic carbocycles. The first-order valence-corrected chi connectivity index (χ1v) is 16.1. The summed E-state index contributed by atoms with van der Waals surface area (Å²) < 4.78 is 0. The number of alkyl halides is 1. The summed E-state index contributed by atoms with van der Waals surface area (Å²) in [4.78, 5) is 21.3. The number of piperidine rings is 1. The molecule has 0 atom stereocenters. The molecular weight excluding hydrogens is 510 g/mol. The van der Waals surface area contributed by atoms with E-state index in [4.69, 9.17) is 0 Å². The van der Waals surface area contributed by atoms with Crippen molar-refractivity contribution in [3.8, 4) is 0 Å². The van der Waals surface area contributed by atoms with Crippen molar-refractivity contribution < 1.29 is 4.79 Å². The zero-order chi connectivity index (χ0) is 25.4. The van der Waals surface area contributed by atoms with E-state index in [0.717, 1.165) is 68.8 Å². The van der Waals surface area contributed by atoms with Gasteiger partial charge in [-0.05, 0) is 75.3 Å². The molecule has 4 nitrogen and oxygen atoms in total. The number of para-hydroxylation sites is 1. The van der Waals surface area contributed by atoms with Gasteiger partial charge in [0, 0.05) is 36.7 Å². The molecule has 2 heterocycles. The Morgan fingerprint density at radius 3 is 2.11 bits per heavy atom. The fourth-order valence-electron chi connectivity index (χ4n) is 7.05. The number of benzene rings is 1. The molecule has 5 heteroatoms. The van der Waals surface area contributed by atoms with Crippen LogP contribution in [0.3, 0.4) is 0 Å². The lowest BCUT2D eigenvalue weighted by atomic mass is 9.78. The Bertz CT molecular complexity index is 784. The summed E-state index contributed by atoms with van der Waals surface area (Å²) in [6.45, 7) is 8.57. The van der Waals surface area contributed by atoms with E-state index in [1.165, 1.54) is 69.9 Å². The van der Waals surface area contributed by atoms with Crippen molar-refractivity contribution in [3.05, 3.63) is 30.3 Å². The summed E-state index contributed by atoms with van der Waals surface area (Å²) in [5, 5.41) is 1.13. The van der Waals surface area contributed by atoms with Gasteiger partial charge in [-0.3, -0.25) is 4.79 Å². The van der Waals surface area contributed by atoms with Crippen molar-refractivity contribution in [2.45, 2.75) is 109 Å². The van der Waals surface area contributed by atoms with Crippen molar-refractivity contribution in [2.24, 2.45) is 11.8 Å². The van der Waals surface area contributed by atoms with Crippen LogP contribution in [0.25, 0.3) is 0 Å². The quantitative estimate of drug-likeness (QED) is 0.196. The lowest BCUT2D eigenvalue weighted by Crippen LogP contribution is -2.58. The number of carbonyl (C=O) groups excluding carboxylic acids is 1. The minimum absolute atomic E-state index is 0.345. The number of unbranched alkanes of at least 4 members (excludes halogenated alkanes) is 6. The summed E-state index contributed by atoms with van der Waals surface area (Å²) in [7, 11) is 0. The Balaban J connectivity index is 1.33. The largest absolute Gasteiger partial charge is 0.339 e. The third kappa shape index (κ3) is 6.67. The third-order valence-electron chi connectivity index (χ3n) is 9.47. The molecular formula is C31H50BrN3O. The molecule has 2 saturated heterocycles. The zero-order valence-electron chi connectivity index (χ0n) is 23.0. The van der Waals surface area contributed by atoms with Gasteiger partial charge in [0.15, 0.2) is 0 Å². The number of anilines is 1. The van der Waals surface area contributed by atoms with Crippen LogP contribution in [0.15, 0.2) is 30.3 Å². The monoisotopic (exact) mass is 559 g/mol. The molecule has 1 aromatic rings. The van der Waals surface area contributed by atoms with Crippen LogP contribution in [0, 0.1) is 11.8 Å². The Morgan fingerprint density at radius 1 is 0.889 bits per heavy atom. The van der Waals surface area contributed by atoms with Crippen molar-refractivity contribution >= 4 is 27.5 Å². The lowest BCUT2D eigenvalue weighted by molar-refractivity contribution is -0.134. The number of carbonyl (C=O) groups is 1. The highest BCUT2D eigenvalue weighted by Crippen LogP contribution is 2.41. The molecule has 3 aliphatic rings. The lowest BCUT2D eigenvalue weighted by Gasteiger charge is -2.47. The van der Waals surface area contributed by atoms with Gasteiger partial charge >= 0.3 is 0 Å². The normalized spacial score (nSPS) is 24.8. The number of hydrogen-bond acceptors (Lipinski definition) is 3. The highest BCUT2D eigenvalue weighted by Gasteiger charge is 2.53. The Morgan fingerprint density at radius 2 is 1.50 bits per heavy atom. The van der Waals surface area contributed by atoms with Crippen LogP contribution in [0.5, 0.6) is 0 Å². The minimum Gasteiger partial charge on any atom is -0.339 e. The topological polar surface area (TPSA) is 26.8 Å². The zero-order valence-corrected chi connectivity index (χ0v) is 24.6. The molecule has 2 aliphatic heterocycles. The molecule has 0 radical (unpaired) electrons. The Kier molecular flexibility index (Phi) is 10.6. The fraction of sp³-hybridized carbons (Fsp3) is 0.774. The highest BCUT2D eigenvalue weighted by molar-refractivity contribution is 9.09. The van der Waals surface area contributed by atoms with Gasteiger partial charge in [0.25, 0.3) is 0 Å². The maximum Gasteiger partial charge on any atom is 0.250 e. The highest BCUT2D eigenvalue weighted by atomic mass is 79.9. The molecule has 0 aromatic heterocycles. The molecule has 202 valence electrons. The number of amides is 1. The molecule has 1 saturated carbocycles. The van der Waals surface area contributed by atoms with Crippen molar-refractivity contribution in [1.29, 1.82) is 0 Å². The van der Waals surface area contributed by atoms with Gasteiger partial charge in [-0.15, -0.1) is 0 Å². The van der Waals surface area contributed by atoms with E-state index in [0.29, 0.717) is 5.91 Å². The van der Waals surface area contributed by atoms with Crippen LogP contribution in [-0.2, 0) is 4.79 Å². The first-order valence-electron chi connectivity index (χ1n) is 15.0. The summed E-state index contributed by atoms with van der Waals surface area (Å²) in [5.41, 5.74) is 0.869. The predicted octanol–water partition coefficient (Wildman–Crippen LogP) is 7.47. The van der Waals surface area contributed by atoms with Crippen LogP contribution in [0.1, 0.15) is 97.3 Å². The van der Waals surface area contributed by atoms with Gasteiger partial charge in [0.1, 0.15) is 5.54 Å². The summed E-state index contributed by atoms with van der Waals surface area (Å²) >= 11 is 3.52. The Labute approximate surface area is 229 Å². The SMILES string of the molecule is CC(C)[C@H]1CC[C@@H](N2CCC3(CC2)C(=O)N(CCCCCCCCCBr)CN3c2ccccc2)CC1. The summed E-state index contributed by atoms with van der Waals surface area (Å²) in [5.74, 6) is 2.12. The van der Waals surface area contributed by atoms with Crippen LogP contribution in [0.4, 0.5) is 5.69 Å². The fourth-order valence-corrected chi connectivity index (χ4v) is 7.44. The smallest absolute Gasteiger partial charge is 0.250 e. The van der Waals surface area contributed by atoms with E-state index in [1.807, 2.05) is 0 Å². The second kappa shape index (κ2) is 13.6. The van der Waals surface area contributed by atoms with Crippen molar-refractivity contribution in [3.63, 3.8) is 0 Å². The van der Waals surface area contributed by atoms with Crippen LogP contribution < -0.4 is 4.90 Å². The van der Waals surface area contributed by atoms with E-state index >= 15 is 0 Å². The van der Waals surface area contributed by atoms with Crippen LogP contribution in [-0.4, -0.2) is 58.9 Å². The van der Waals surface area contributed by atoms with E-state index in [9.17, 15) is 4.79 Å². The van der Waals surface area contributed by atoms with E-state index < -0.39 is 0 Å². The van der Waals surface area contributed by atoms with E-state index in [1.54, 1.807) is 0 Å². The summed E-state index contributed by atoms with van der Waals surface area (Å²) in [6.07, 6.45) is 16.3. The van der Waals surface area contributed by atoms with Gasteiger partial charge in [0.2, 0.25) is 5.91 Å². The molecule has 0 unspecified atom stereocenters. The van der Waals surface area contributed by atoms with Crippen molar-refractivity contribution in [2.75, 3.05) is 36.5 Å². The number of nitrogens with zero attached hydrogens (tertiary/aromatic N) is 3. The second-order valence-corrected chi connectivity index (χ2v) is 12.8. The third-order valence-corrected chi connectivity index (χ3v) is 10.0. The van der Waals surface area contributed by atoms with Gasteiger partial charge < -0.3 is 14.7 Å². The van der Waals surface area contributed by atoms with Gasteiger partial charge in [-0.2, -0.15) is 0 Å². The Hall–Kier alpha value is -1.07. The number of rotatable bonds is 12. The first kappa shape index (κ1) is 28.0. The number of hydrogen-bond donors (Lipinski definition) is 0. The first-order chi connectivity index (χ1) is 17.5. The molecule has 4 rings (SSSR count). The van der Waals surface area contributed by atoms with E-state index in [2.05, 4.69) is 74.8 Å². The molecule has 1 aliphatic carbocycles. The molecule has 0 N–H and O–H groups in total. The maximum absolute atomic E-state index is 14.0. The predicted molar refractivity (Wildman–Crippen MR) is 156 cm³/mol. The summed E-state index contributed by atoms with van der Waals surface area (Å²) in [6, 6.07) is 11.4. The van der Waals surface area contributed by atoms with Gasteiger partial charge in [-0.1, -0.05) is 80.1 Å². The molecule has 36 heavy (non-hydrogen) atoms. The standard InChI is InChI=1S/C31H50BrN3O/c1-26(2)27-15-17-28(18-16-27)33-23-19-31(20-24-33)30(36)34(22-12-7-5-3-4-6-11-21-32)25-35(31)29-13-9-8-10-14-29/h8-10,13-14,26-28H,3-7,11-12,15-25H2,1-2H3/t27-,28+. The minimum atomic E-state index is -0.345. The average Bonchev–Trinajstić information content (AvgIpc) is 3.17. The number of halogens is 1. The second-order valence-electron chi connectivity index (χ2n) is 12.0. The number of likely N-dealkylation sites (tertiary alicyclic amines) is 1. The van der Waals surface area contributed by atoms with Gasteiger partial charge in [0.05, 0.1) is 6.67 Å². The molecule has 3 fully saturated rings. The molecule has 0 bridgehead atoms. The van der Waals surface area contributed by atoms with Crippen LogP contribution in [0.2, 0.25) is 0 Å². The average molecular weight is 561 g/mol. The maximum atomic E-state index is 14.0. The van der Waals surface area contributed by atoms with E-state index in [-0.39, 0.29) is 5.54 Å². The van der Waals surface area contributed by atoms with Gasteiger partial charge in [-0.25, -0.2) is 0 Å². The van der Waals surface area contributed by atoms with Crippen LogP contribution >= 0.6 is 15.9 Å². The molecule has 1 spiro atoms. The van der Waals surface area contributed by atoms with Crippen molar-refractivity contribution in [1.82, 2.24) is 9.80 Å². The molecule has 1 amide bonds.